The molecule has 0 spiro atoms. The summed E-state index contributed by atoms with van der Waals surface area (Å²) in [6.07, 6.45) is 2.58. The van der Waals surface area contributed by atoms with E-state index < -0.39 is 0 Å². The Kier molecular flexibility index (Phi) is 4.81. The summed E-state index contributed by atoms with van der Waals surface area (Å²) in [6, 6.07) is 1.42. The molecule has 0 radical (unpaired) electrons. The van der Waals surface area contributed by atoms with Gasteiger partial charge in [-0.1, -0.05) is 6.92 Å². The Bertz CT molecular complexity index is 205. The summed E-state index contributed by atoms with van der Waals surface area (Å²) >= 11 is 0. The lowest BCUT2D eigenvalue weighted by Crippen LogP contribution is -2.50. The van der Waals surface area contributed by atoms with Crippen LogP contribution in [0.1, 0.15) is 54.4 Å². The van der Waals surface area contributed by atoms with E-state index in [-0.39, 0.29) is 0 Å². The highest BCUT2D eigenvalue weighted by Crippen LogP contribution is 2.23. The standard InChI is InChI=1S/C14H30N2/c1-7-13-11-15(12(2)3)9-8-10-16(13)14(4,5)6/h12-13H,7-11H2,1-6H3/t13-/m1/s1. The molecular weight excluding hydrogens is 196 g/mol. The van der Waals surface area contributed by atoms with Crippen LogP contribution in [0.5, 0.6) is 0 Å². The van der Waals surface area contributed by atoms with Gasteiger partial charge in [0.2, 0.25) is 0 Å². The van der Waals surface area contributed by atoms with Crippen molar-refractivity contribution in [2.75, 3.05) is 19.6 Å². The van der Waals surface area contributed by atoms with Crippen molar-refractivity contribution in [2.24, 2.45) is 0 Å². The second kappa shape index (κ2) is 5.50. The molecule has 1 heterocycles. The SMILES string of the molecule is CC[C@@H]1CN(C(C)C)CCCN1C(C)(C)C. The Labute approximate surface area is 102 Å². The first-order valence-corrected chi connectivity index (χ1v) is 6.87. The van der Waals surface area contributed by atoms with Crippen LogP contribution in [-0.2, 0) is 0 Å². The fourth-order valence-corrected chi connectivity index (χ4v) is 2.79. The van der Waals surface area contributed by atoms with Gasteiger partial charge in [-0.2, -0.15) is 0 Å². The molecule has 1 aliphatic heterocycles. The third-order valence-corrected chi connectivity index (χ3v) is 3.79. The van der Waals surface area contributed by atoms with Crippen molar-refractivity contribution >= 4 is 0 Å². The maximum absolute atomic E-state index is 2.70. The van der Waals surface area contributed by atoms with Gasteiger partial charge in [-0.25, -0.2) is 0 Å². The van der Waals surface area contributed by atoms with Gasteiger partial charge in [-0.15, -0.1) is 0 Å². The third-order valence-electron chi connectivity index (χ3n) is 3.79. The first-order chi connectivity index (χ1) is 7.36. The van der Waals surface area contributed by atoms with Gasteiger partial charge >= 0.3 is 0 Å². The minimum absolute atomic E-state index is 0.313. The monoisotopic (exact) mass is 226 g/mol. The minimum atomic E-state index is 0.313. The molecule has 1 rings (SSSR count). The van der Waals surface area contributed by atoms with Gasteiger partial charge < -0.3 is 0 Å². The fraction of sp³-hybridized carbons (Fsp3) is 1.00. The molecule has 0 aromatic carbocycles. The van der Waals surface area contributed by atoms with Crippen molar-refractivity contribution in [1.82, 2.24) is 9.80 Å². The minimum Gasteiger partial charge on any atom is -0.299 e. The van der Waals surface area contributed by atoms with Crippen LogP contribution in [0.2, 0.25) is 0 Å². The third kappa shape index (κ3) is 3.46. The van der Waals surface area contributed by atoms with Crippen molar-refractivity contribution < 1.29 is 0 Å². The molecule has 0 aromatic rings. The number of hydrogen-bond acceptors (Lipinski definition) is 2. The van der Waals surface area contributed by atoms with E-state index in [1.54, 1.807) is 0 Å². The summed E-state index contributed by atoms with van der Waals surface area (Å²) < 4.78 is 0. The number of rotatable bonds is 2. The Morgan fingerprint density at radius 2 is 1.81 bits per heavy atom. The molecule has 0 aliphatic carbocycles. The first-order valence-electron chi connectivity index (χ1n) is 6.87. The second-order valence-electron chi connectivity index (χ2n) is 6.37. The van der Waals surface area contributed by atoms with Gasteiger partial charge in [-0.3, -0.25) is 9.80 Å². The Morgan fingerprint density at radius 1 is 1.19 bits per heavy atom. The normalized spacial score (nSPS) is 26.1. The molecule has 0 bridgehead atoms. The molecule has 2 heteroatoms. The van der Waals surface area contributed by atoms with E-state index in [1.165, 1.54) is 32.5 Å². The first kappa shape index (κ1) is 14.0. The summed E-state index contributed by atoms with van der Waals surface area (Å²) in [5, 5.41) is 0. The maximum atomic E-state index is 2.70. The summed E-state index contributed by atoms with van der Waals surface area (Å²) in [5.74, 6) is 0. The van der Waals surface area contributed by atoms with Crippen molar-refractivity contribution in [3.8, 4) is 0 Å². The lowest BCUT2D eigenvalue weighted by molar-refractivity contribution is 0.0738. The topological polar surface area (TPSA) is 6.48 Å². The van der Waals surface area contributed by atoms with Crippen molar-refractivity contribution in [3.63, 3.8) is 0 Å². The molecule has 0 saturated carbocycles. The zero-order valence-electron chi connectivity index (χ0n) is 12.1. The highest BCUT2D eigenvalue weighted by atomic mass is 15.3. The molecule has 1 aliphatic rings. The van der Waals surface area contributed by atoms with Crippen molar-refractivity contribution in [2.45, 2.75) is 72.0 Å². The van der Waals surface area contributed by atoms with Crippen LogP contribution >= 0.6 is 0 Å². The summed E-state index contributed by atoms with van der Waals surface area (Å²) in [5.41, 5.74) is 0.313. The van der Waals surface area contributed by atoms with Gasteiger partial charge in [0.1, 0.15) is 0 Å². The van der Waals surface area contributed by atoms with Crippen LogP contribution in [0.3, 0.4) is 0 Å². The summed E-state index contributed by atoms with van der Waals surface area (Å²) in [7, 11) is 0. The van der Waals surface area contributed by atoms with Gasteiger partial charge in [0.25, 0.3) is 0 Å². The molecule has 1 saturated heterocycles. The van der Waals surface area contributed by atoms with Crippen molar-refractivity contribution in [3.05, 3.63) is 0 Å². The molecule has 16 heavy (non-hydrogen) atoms. The predicted octanol–water partition coefficient (Wildman–Crippen LogP) is 2.98. The average molecular weight is 226 g/mol. The Balaban J connectivity index is 2.75. The number of nitrogens with zero attached hydrogens (tertiary/aromatic N) is 2. The average Bonchev–Trinajstić information content (AvgIpc) is 2.37. The predicted molar refractivity (Wildman–Crippen MR) is 71.9 cm³/mol. The number of hydrogen-bond donors (Lipinski definition) is 0. The highest BCUT2D eigenvalue weighted by Gasteiger charge is 2.31. The molecular formula is C14H30N2. The molecule has 0 amide bonds. The van der Waals surface area contributed by atoms with E-state index in [0.29, 0.717) is 11.6 Å². The molecule has 1 atom stereocenters. The van der Waals surface area contributed by atoms with Crippen LogP contribution in [-0.4, -0.2) is 47.1 Å². The van der Waals surface area contributed by atoms with Crippen LogP contribution in [0.15, 0.2) is 0 Å². The van der Waals surface area contributed by atoms with E-state index in [0.717, 1.165) is 6.04 Å². The van der Waals surface area contributed by atoms with Gasteiger partial charge in [0, 0.05) is 30.7 Å². The van der Waals surface area contributed by atoms with Crippen LogP contribution in [0, 0.1) is 0 Å². The Morgan fingerprint density at radius 3 is 2.25 bits per heavy atom. The lowest BCUT2D eigenvalue weighted by Gasteiger charge is -2.41. The smallest absolute Gasteiger partial charge is 0.0225 e. The van der Waals surface area contributed by atoms with E-state index >= 15 is 0 Å². The van der Waals surface area contributed by atoms with Crippen molar-refractivity contribution in [1.29, 1.82) is 0 Å². The highest BCUT2D eigenvalue weighted by molar-refractivity contribution is 4.87. The zero-order chi connectivity index (χ0) is 12.3. The molecule has 0 unspecified atom stereocenters. The fourth-order valence-electron chi connectivity index (χ4n) is 2.79. The summed E-state index contributed by atoms with van der Waals surface area (Å²) in [4.78, 5) is 5.34. The van der Waals surface area contributed by atoms with Gasteiger partial charge in [0.15, 0.2) is 0 Å². The van der Waals surface area contributed by atoms with Crippen LogP contribution in [0.4, 0.5) is 0 Å². The lowest BCUT2D eigenvalue weighted by atomic mass is 10.0. The molecule has 0 aromatic heterocycles. The quantitative estimate of drug-likeness (QED) is 0.714. The molecule has 0 N–H and O–H groups in total. The van der Waals surface area contributed by atoms with E-state index in [1.807, 2.05) is 0 Å². The zero-order valence-corrected chi connectivity index (χ0v) is 12.1. The van der Waals surface area contributed by atoms with Gasteiger partial charge in [-0.05, 0) is 54.0 Å². The van der Waals surface area contributed by atoms with Crippen LogP contribution in [0.25, 0.3) is 0 Å². The molecule has 2 nitrogen and oxygen atoms in total. The largest absolute Gasteiger partial charge is 0.299 e. The van der Waals surface area contributed by atoms with E-state index in [2.05, 4.69) is 51.3 Å². The van der Waals surface area contributed by atoms with E-state index in [4.69, 9.17) is 0 Å². The second-order valence-corrected chi connectivity index (χ2v) is 6.37. The maximum Gasteiger partial charge on any atom is 0.0225 e. The Hall–Kier alpha value is -0.0800. The molecule has 96 valence electrons. The van der Waals surface area contributed by atoms with Crippen LogP contribution < -0.4 is 0 Å². The van der Waals surface area contributed by atoms with E-state index in [9.17, 15) is 0 Å². The summed E-state index contributed by atoms with van der Waals surface area (Å²) in [6.45, 7) is 17.8. The van der Waals surface area contributed by atoms with Gasteiger partial charge in [0.05, 0.1) is 0 Å². The molecule has 1 fully saturated rings.